The summed E-state index contributed by atoms with van der Waals surface area (Å²) in [6, 6.07) is 6.23. The topological polar surface area (TPSA) is 42.5 Å². The van der Waals surface area contributed by atoms with Crippen LogP contribution in [0.3, 0.4) is 0 Å². The molecule has 2 fully saturated rings. The molecule has 2 bridgehead atoms. The van der Waals surface area contributed by atoms with E-state index in [2.05, 4.69) is 17.6 Å². The van der Waals surface area contributed by atoms with E-state index in [1.54, 1.807) is 0 Å². The number of hydrogen-bond donors (Lipinski definition) is 2. The summed E-state index contributed by atoms with van der Waals surface area (Å²) in [6.45, 7) is 2.56. The minimum atomic E-state index is 0.294. The summed E-state index contributed by atoms with van der Waals surface area (Å²) in [7, 11) is 0. The quantitative estimate of drug-likeness (QED) is 0.835. The molecular weight excluding hydrogens is 296 g/mol. The van der Waals surface area contributed by atoms with Crippen LogP contribution in [0.4, 0.5) is 5.69 Å². The fraction of sp³-hybridized carbons (Fsp3) is 0.588. The number of nitrogens with one attached hydrogen (secondary N) is 2. The van der Waals surface area contributed by atoms with Gasteiger partial charge in [0.25, 0.3) is 0 Å². The molecule has 118 valence electrons. The lowest BCUT2D eigenvalue weighted by Gasteiger charge is -2.29. The van der Waals surface area contributed by atoms with Gasteiger partial charge >= 0.3 is 0 Å². The van der Waals surface area contributed by atoms with Gasteiger partial charge in [0.05, 0.1) is 0 Å². The van der Waals surface area contributed by atoms with Gasteiger partial charge in [-0.1, -0.05) is 6.42 Å². The van der Waals surface area contributed by atoms with Crippen LogP contribution in [-0.4, -0.2) is 17.9 Å². The molecule has 2 saturated carbocycles. The molecule has 22 heavy (non-hydrogen) atoms. The summed E-state index contributed by atoms with van der Waals surface area (Å²) in [4.78, 5) is 0. The third-order valence-corrected chi connectivity index (χ3v) is 5.64. The van der Waals surface area contributed by atoms with Crippen molar-refractivity contribution in [1.82, 2.24) is 5.32 Å². The van der Waals surface area contributed by atoms with Crippen molar-refractivity contribution < 1.29 is 9.47 Å². The molecule has 4 nitrogen and oxygen atoms in total. The van der Waals surface area contributed by atoms with Gasteiger partial charge in [-0.25, -0.2) is 0 Å². The first kappa shape index (κ1) is 14.1. The number of hydrogen-bond acceptors (Lipinski definition) is 3. The van der Waals surface area contributed by atoms with Crippen LogP contribution in [0.15, 0.2) is 18.2 Å². The van der Waals surface area contributed by atoms with Crippen LogP contribution >= 0.6 is 12.2 Å². The van der Waals surface area contributed by atoms with Crippen molar-refractivity contribution in [3.05, 3.63) is 18.2 Å². The van der Waals surface area contributed by atoms with Gasteiger partial charge in [-0.3, -0.25) is 0 Å². The second-order valence-electron chi connectivity index (χ2n) is 6.79. The molecule has 4 atom stereocenters. The highest BCUT2D eigenvalue weighted by molar-refractivity contribution is 7.80. The Hall–Kier alpha value is -1.49. The van der Waals surface area contributed by atoms with Gasteiger partial charge in [-0.05, 0) is 68.3 Å². The molecule has 0 radical (unpaired) electrons. The molecule has 2 aliphatic carbocycles. The van der Waals surface area contributed by atoms with E-state index in [1.165, 1.54) is 25.7 Å². The summed E-state index contributed by atoms with van der Waals surface area (Å²) >= 11 is 5.47. The number of anilines is 1. The minimum Gasteiger partial charge on any atom is -0.454 e. The normalized spacial score (nSPS) is 29.4. The summed E-state index contributed by atoms with van der Waals surface area (Å²) < 4.78 is 10.7. The van der Waals surface area contributed by atoms with Gasteiger partial charge < -0.3 is 20.1 Å². The molecule has 5 heteroatoms. The zero-order chi connectivity index (χ0) is 15.1. The van der Waals surface area contributed by atoms with Gasteiger partial charge in [-0.15, -0.1) is 0 Å². The summed E-state index contributed by atoms with van der Waals surface area (Å²) in [5.41, 5.74) is 0.932. The van der Waals surface area contributed by atoms with Crippen LogP contribution in [0.5, 0.6) is 11.5 Å². The van der Waals surface area contributed by atoms with Crippen molar-refractivity contribution >= 4 is 23.0 Å². The standard InChI is InChI=1S/C17H22N2O2S/c1-10(14-7-11-2-3-12(14)6-11)18-17(22)19-13-4-5-15-16(8-13)21-9-20-15/h4-5,8,10-12,14H,2-3,6-7,9H2,1H3,(H2,18,19,22). The molecule has 2 N–H and O–H groups in total. The van der Waals surface area contributed by atoms with Crippen LogP contribution in [0.25, 0.3) is 0 Å². The van der Waals surface area contributed by atoms with E-state index in [0.29, 0.717) is 17.9 Å². The SMILES string of the molecule is CC(NC(=S)Nc1ccc2c(c1)OCO2)C1CC2CCC1C2. The Kier molecular flexibility index (Phi) is 3.60. The maximum atomic E-state index is 5.47. The van der Waals surface area contributed by atoms with Crippen LogP contribution < -0.4 is 20.1 Å². The third-order valence-electron chi connectivity index (χ3n) is 5.42. The largest absolute Gasteiger partial charge is 0.454 e. The van der Waals surface area contributed by atoms with Crippen LogP contribution in [0.1, 0.15) is 32.6 Å². The van der Waals surface area contributed by atoms with E-state index < -0.39 is 0 Å². The number of rotatable bonds is 3. The van der Waals surface area contributed by atoms with Crippen molar-refractivity contribution in [2.45, 2.75) is 38.6 Å². The Balaban J connectivity index is 1.34. The van der Waals surface area contributed by atoms with Crippen molar-refractivity contribution in [3.8, 4) is 11.5 Å². The Morgan fingerprint density at radius 1 is 1.23 bits per heavy atom. The fourth-order valence-corrected chi connectivity index (χ4v) is 4.67. The molecule has 1 aromatic carbocycles. The van der Waals surface area contributed by atoms with E-state index in [9.17, 15) is 0 Å². The smallest absolute Gasteiger partial charge is 0.231 e. The van der Waals surface area contributed by atoms with Crippen molar-refractivity contribution in [1.29, 1.82) is 0 Å². The third kappa shape index (κ3) is 2.62. The lowest BCUT2D eigenvalue weighted by molar-refractivity contribution is 0.174. The van der Waals surface area contributed by atoms with E-state index in [1.807, 2.05) is 18.2 Å². The van der Waals surface area contributed by atoms with Crippen LogP contribution in [-0.2, 0) is 0 Å². The highest BCUT2D eigenvalue weighted by atomic mass is 32.1. The molecule has 0 amide bonds. The predicted molar refractivity (Wildman–Crippen MR) is 90.3 cm³/mol. The van der Waals surface area contributed by atoms with Crippen molar-refractivity contribution in [2.24, 2.45) is 17.8 Å². The fourth-order valence-electron chi connectivity index (χ4n) is 4.36. The lowest BCUT2D eigenvalue weighted by atomic mass is 9.84. The highest BCUT2D eigenvalue weighted by Crippen LogP contribution is 2.49. The summed E-state index contributed by atoms with van der Waals surface area (Å²) in [5.74, 6) is 4.21. The molecule has 1 heterocycles. The highest BCUT2D eigenvalue weighted by Gasteiger charge is 2.41. The average molecular weight is 318 g/mol. The van der Waals surface area contributed by atoms with Crippen molar-refractivity contribution in [2.75, 3.05) is 12.1 Å². The Morgan fingerprint density at radius 3 is 2.86 bits per heavy atom. The zero-order valence-electron chi connectivity index (χ0n) is 12.8. The zero-order valence-corrected chi connectivity index (χ0v) is 13.6. The maximum Gasteiger partial charge on any atom is 0.231 e. The molecule has 1 aromatic rings. The van der Waals surface area contributed by atoms with E-state index in [4.69, 9.17) is 21.7 Å². The van der Waals surface area contributed by atoms with E-state index in [-0.39, 0.29) is 0 Å². The molecule has 4 rings (SSSR count). The first-order valence-corrected chi connectivity index (χ1v) is 8.57. The number of ether oxygens (including phenoxy) is 2. The molecule has 3 aliphatic rings. The molecule has 1 aliphatic heterocycles. The second-order valence-corrected chi connectivity index (χ2v) is 7.20. The molecule has 4 unspecified atom stereocenters. The second kappa shape index (κ2) is 5.61. The van der Waals surface area contributed by atoms with Gasteiger partial charge in [0.2, 0.25) is 6.79 Å². The van der Waals surface area contributed by atoms with Crippen molar-refractivity contribution in [3.63, 3.8) is 0 Å². The average Bonchev–Trinajstić information content (AvgIpc) is 3.22. The first-order valence-electron chi connectivity index (χ1n) is 8.16. The number of thiocarbonyl (C=S) groups is 1. The van der Waals surface area contributed by atoms with Gasteiger partial charge in [0.15, 0.2) is 16.6 Å². The molecular formula is C17H22N2O2S. The summed E-state index contributed by atoms with van der Waals surface area (Å²) in [6.07, 6.45) is 5.64. The van der Waals surface area contributed by atoms with Crippen LogP contribution in [0, 0.1) is 17.8 Å². The van der Waals surface area contributed by atoms with E-state index in [0.717, 1.165) is 34.9 Å². The Morgan fingerprint density at radius 2 is 2.09 bits per heavy atom. The van der Waals surface area contributed by atoms with Gasteiger partial charge in [0.1, 0.15) is 0 Å². The number of fused-ring (bicyclic) bond motifs is 3. The first-order chi connectivity index (χ1) is 10.7. The Bertz CT molecular complexity index is 592. The van der Waals surface area contributed by atoms with Crippen LogP contribution in [0.2, 0.25) is 0 Å². The molecule has 0 spiro atoms. The van der Waals surface area contributed by atoms with Gasteiger partial charge in [0, 0.05) is 17.8 Å². The van der Waals surface area contributed by atoms with Gasteiger partial charge in [-0.2, -0.15) is 0 Å². The predicted octanol–water partition coefficient (Wildman–Crippen LogP) is 3.53. The number of benzene rings is 1. The maximum absolute atomic E-state index is 5.47. The molecule has 0 saturated heterocycles. The Labute approximate surface area is 136 Å². The minimum absolute atomic E-state index is 0.294. The monoisotopic (exact) mass is 318 g/mol. The van der Waals surface area contributed by atoms with E-state index >= 15 is 0 Å². The lowest BCUT2D eigenvalue weighted by Crippen LogP contribution is -2.42. The molecule has 0 aromatic heterocycles. The summed E-state index contributed by atoms with van der Waals surface area (Å²) in [5, 5.41) is 7.41.